The molecule has 11 rings (SSSR count). The van der Waals surface area contributed by atoms with Gasteiger partial charge in [0.25, 0.3) is 0 Å². The number of pyridine rings is 6. The van der Waals surface area contributed by atoms with Gasteiger partial charge in [-0.05, 0) is 89.0 Å². The summed E-state index contributed by atoms with van der Waals surface area (Å²) >= 11 is 0. The topological polar surface area (TPSA) is 77.3 Å². The summed E-state index contributed by atoms with van der Waals surface area (Å²) in [7, 11) is 0. The van der Waals surface area contributed by atoms with Crippen LogP contribution in [0.5, 0.6) is 0 Å². The molecule has 6 heteroatoms. The minimum atomic E-state index is 0.889. The Morgan fingerprint density at radius 2 is 0.833 bits per heavy atom. The molecule has 0 atom stereocenters. The van der Waals surface area contributed by atoms with Gasteiger partial charge in [-0.3, -0.25) is 19.9 Å². The summed E-state index contributed by atoms with van der Waals surface area (Å²) in [5, 5.41) is 6.46. The summed E-state index contributed by atoms with van der Waals surface area (Å²) < 4.78 is 0. The Labute approximate surface area is 309 Å². The van der Waals surface area contributed by atoms with E-state index in [0.717, 1.165) is 110 Å². The number of aromatic nitrogens is 6. The van der Waals surface area contributed by atoms with E-state index < -0.39 is 0 Å². The summed E-state index contributed by atoms with van der Waals surface area (Å²) in [4.78, 5) is 28.7. The van der Waals surface area contributed by atoms with Gasteiger partial charge in [-0.2, -0.15) is 0 Å². The maximum absolute atomic E-state index is 5.11. The van der Waals surface area contributed by atoms with E-state index in [-0.39, 0.29) is 0 Å². The van der Waals surface area contributed by atoms with Crippen molar-refractivity contribution in [3.63, 3.8) is 0 Å². The van der Waals surface area contributed by atoms with Crippen LogP contribution in [-0.4, -0.2) is 29.9 Å². The maximum atomic E-state index is 5.11. The number of benzene rings is 5. The largest absolute Gasteiger partial charge is 0.254 e. The summed E-state index contributed by atoms with van der Waals surface area (Å²) in [6.07, 6.45) is 7.33. The molecule has 11 aromatic rings. The van der Waals surface area contributed by atoms with Crippen LogP contribution in [0.4, 0.5) is 0 Å². The average Bonchev–Trinajstić information content (AvgIpc) is 3.25. The molecule has 54 heavy (non-hydrogen) atoms. The molecule has 0 amide bonds. The molecule has 6 heterocycles. The lowest BCUT2D eigenvalue weighted by Gasteiger charge is -2.11. The van der Waals surface area contributed by atoms with Gasteiger partial charge in [-0.25, -0.2) is 9.97 Å². The number of hydrogen-bond donors (Lipinski definition) is 0. The predicted molar refractivity (Wildman–Crippen MR) is 220 cm³/mol. The summed E-state index contributed by atoms with van der Waals surface area (Å²) in [6, 6.07) is 50.8. The lowest BCUT2D eigenvalue weighted by atomic mass is 9.98. The molecule has 0 radical (unpaired) electrons. The summed E-state index contributed by atoms with van der Waals surface area (Å²) in [5.74, 6) is 0. The summed E-state index contributed by atoms with van der Waals surface area (Å²) in [6.45, 7) is 0. The highest BCUT2D eigenvalue weighted by atomic mass is 14.7. The van der Waals surface area contributed by atoms with E-state index in [1.165, 1.54) is 0 Å². The van der Waals surface area contributed by atoms with E-state index in [4.69, 9.17) is 9.97 Å². The highest BCUT2D eigenvalue weighted by Gasteiger charge is 2.13. The Morgan fingerprint density at radius 1 is 0.296 bits per heavy atom. The van der Waals surface area contributed by atoms with Crippen LogP contribution < -0.4 is 0 Å². The van der Waals surface area contributed by atoms with Gasteiger partial charge >= 0.3 is 0 Å². The van der Waals surface area contributed by atoms with Gasteiger partial charge in [0, 0.05) is 68.2 Å². The van der Waals surface area contributed by atoms with Crippen LogP contribution in [0.2, 0.25) is 0 Å². The first-order chi connectivity index (χ1) is 26.7. The van der Waals surface area contributed by atoms with Crippen molar-refractivity contribution in [3.05, 3.63) is 170 Å². The van der Waals surface area contributed by atoms with Gasteiger partial charge in [0.2, 0.25) is 0 Å². The van der Waals surface area contributed by atoms with Crippen molar-refractivity contribution in [2.24, 2.45) is 0 Å². The fourth-order valence-electron chi connectivity index (χ4n) is 7.74. The van der Waals surface area contributed by atoms with Crippen LogP contribution in [0.15, 0.2) is 170 Å². The Morgan fingerprint density at radius 3 is 1.57 bits per heavy atom. The van der Waals surface area contributed by atoms with E-state index in [1.807, 2.05) is 43.0 Å². The molecular formula is C48H28N6. The van der Waals surface area contributed by atoms with E-state index in [2.05, 4.69) is 147 Å². The van der Waals surface area contributed by atoms with Gasteiger partial charge in [-0.15, -0.1) is 0 Å². The highest BCUT2D eigenvalue weighted by Crippen LogP contribution is 2.35. The standard InChI is InChI=1S/C48H28N6/c1-4-31-11-16-39-37(21-25-52-48(39)45(31)49-22-1)29-7-9-30(10-8-29)41-19-14-34-26-32(12-17-42(34)53-41)33-13-18-43-35(27-33)15-20-44(54-43)40-28-36-5-2-23-50-46(36)47-38(40)6-3-24-51-47/h1-28H. The molecule has 6 nitrogen and oxygen atoms in total. The number of rotatable bonds is 4. The number of nitrogens with zero attached hydrogens (tertiary/aromatic N) is 6. The van der Waals surface area contributed by atoms with Crippen LogP contribution in [0.25, 0.3) is 110 Å². The van der Waals surface area contributed by atoms with Gasteiger partial charge in [0.05, 0.1) is 44.5 Å². The Kier molecular flexibility index (Phi) is 6.75. The van der Waals surface area contributed by atoms with Gasteiger partial charge in [0.15, 0.2) is 0 Å². The molecule has 0 unspecified atom stereocenters. The number of hydrogen-bond acceptors (Lipinski definition) is 6. The molecule has 0 aliphatic carbocycles. The molecule has 0 spiro atoms. The molecule has 0 aliphatic heterocycles. The molecule has 0 aliphatic rings. The fraction of sp³-hybridized carbons (Fsp3) is 0. The Hall–Kier alpha value is -7.44. The lowest BCUT2D eigenvalue weighted by molar-refractivity contribution is 1.36. The van der Waals surface area contributed by atoms with Crippen LogP contribution in [0, 0.1) is 0 Å². The second-order valence-electron chi connectivity index (χ2n) is 13.6. The summed E-state index contributed by atoms with van der Waals surface area (Å²) in [5.41, 5.74) is 14.1. The SMILES string of the molecule is c1cnc2c(c1)ccc1c(-c3ccc(-c4ccc5cc(-c6ccc7nc(-c8cc9cccnc9c9ncccc89)ccc7c6)ccc5n4)cc3)ccnc12. The molecule has 5 aromatic carbocycles. The fourth-order valence-corrected chi connectivity index (χ4v) is 7.74. The molecule has 0 saturated heterocycles. The third-order valence-electron chi connectivity index (χ3n) is 10.4. The quantitative estimate of drug-likeness (QED) is 0.171. The second kappa shape index (κ2) is 12.1. The molecule has 6 aromatic heterocycles. The third-order valence-corrected chi connectivity index (χ3v) is 10.4. The Balaban J connectivity index is 0.887. The first kappa shape index (κ1) is 30.2. The maximum Gasteiger partial charge on any atom is 0.0971 e. The smallest absolute Gasteiger partial charge is 0.0971 e. The van der Waals surface area contributed by atoms with E-state index in [9.17, 15) is 0 Å². The first-order valence-corrected chi connectivity index (χ1v) is 17.9. The minimum Gasteiger partial charge on any atom is -0.254 e. The van der Waals surface area contributed by atoms with Gasteiger partial charge in [-0.1, -0.05) is 78.9 Å². The lowest BCUT2D eigenvalue weighted by Crippen LogP contribution is -1.91. The van der Waals surface area contributed by atoms with Crippen molar-refractivity contribution in [3.8, 4) is 44.8 Å². The molecule has 250 valence electrons. The third kappa shape index (κ3) is 4.96. The van der Waals surface area contributed by atoms with Gasteiger partial charge < -0.3 is 0 Å². The van der Waals surface area contributed by atoms with Crippen molar-refractivity contribution >= 4 is 65.4 Å². The second-order valence-corrected chi connectivity index (χ2v) is 13.6. The van der Waals surface area contributed by atoms with Crippen LogP contribution in [0.1, 0.15) is 0 Å². The first-order valence-electron chi connectivity index (χ1n) is 17.9. The normalized spacial score (nSPS) is 11.7. The molecule has 0 bridgehead atoms. The molecule has 0 fully saturated rings. The molecule has 0 N–H and O–H groups in total. The van der Waals surface area contributed by atoms with Crippen molar-refractivity contribution in [2.75, 3.05) is 0 Å². The zero-order chi connectivity index (χ0) is 35.6. The van der Waals surface area contributed by atoms with Crippen LogP contribution in [-0.2, 0) is 0 Å². The Bertz CT molecular complexity index is 3280. The van der Waals surface area contributed by atoms with Gasteiger partial charge in [0.1, 0.15) is 0 Å². The molecular weight excluding hydrogens is 661 g/mol. The van der Waals surface area contributed by atoms with Crippen molar-refractivity contribution in [1.29, 1.82) is 0 Å². The van der Waals surface area contributed by atoms with Crippen molar-refractivity contribution in [1.82, 2.24) is 29.9 Å². The monoisotopic (exact) mass is 688 g/mol. The average molecular weight is 689 g/mol. The zero-order valence-electron chi connectivity index (χ0n) is 28.8. The van der Waals surface area contributed by atoms with Crippen LogP contribution >= 0.6 is 0 Å². The van der Waals surface area contributed by atoms with Crippen molar-refractivity contribution in [2.45, 2.75) is 0 Å². The van der Waals surface area contributed by atoms with E-state index in [1.54, 1.807) is 0 Å². The van der Waals surface area contributed by atoms with E-state index in [0.29, 0.717) is 0 Å². The van der Waals surface area contributed by atoms with E-state index >= 15 is 0 Å². The molecule has 0 saturated carbocycles. The minimum absolute atomic E-state index is 0.889. The predicted octanol–water partition coefficient (Wildman–Crippen LogP) is 11.6. The zero-order valence-corrected chi connectivity index (χ0v) is 28.8. The van der Waals surface area contributed by atoms with Crippen LogP contribution in [0.3, 0.4) is 0 Å². The van der Waals surface area contributed by atoms with Crippen molar-refractivity contribution < 1.29 is 0 Å². The number of fused-ring (bicyclic) bond motifs is 8. The highest BCUT2D eigenvalue weighted by molar-refractivity contribution is 6.10.